The molecule has 0 spiro atoms. The number of Topliss-reactive ketones (excluding diaryl/α,β-unsaturated/α-hetero) is 1. The van der Waals surface area contributed by atoms with Gasteiger partial charge in [0, 0.05) is 17.0 Å². The Bertz CT molecular complexity index is 642. The second-order valence-electron chi connectivity index (χ2n) is 5.24. The van der Waals surface area contributed by atoms with E-state index in [4.69, 9.17) is 11.6 Å². The molecule has 0 fully saturated rings. The topological polar surface area (TPSA) is 22.0 Å². The molecule has 0 amide bonds. The molecule has 3 heteroatoms. The monoisotopic (exact) mass is 289 g/mol. The van der Waals surface area contributed by atoms with Gasteiger partial charge in [0.15, 0.2) is 5.78 Å². The van der Waals surface area contributed by atoms with Crippen LogP contribution in [0.3, 0.4) is 0 Å². The molecule has 1 aromatic carbocycles. The van der Waals surface area contributed by atoms with Crippen LogP contribution in [-0.2, 0) is 0 Å². The zero-order valence-corrected chi connectivity index (χ0v) is 13.2. The number of nitrogens with zero attached hydrogens (tertiary/aromatic N) is 1. The quantitative estimate of drug-likeness (QED) is 0.602. The molecule has 1 unspecified atom stereocenters. The second kappa shape index (κ2) is 5.84. The van der Waals surface area contributed by atoms with Gasteiger partial charge >= 0.3 is 0 Å². The maximum absolute atomic E-state index is 11.9. The molecule has 20 heavy (non-hydrogen) atoms. The van der Waals surface area contributed by atoms with Gasteiger partial charge in [-0.05, 0) is 44.9 Å². The number of hydrogen-bond donors (Lipinski definition) is 0. The standard InChI is InChI=1S/C17H20ClNO/c1-11-7-5-6-8-15(11)13(3)19-12(2)9-16(14(19)4)17(20)10-18/h5-9,13H,10H2,1-4H3. The first-order chi connectivity index (χ1) is 9.47. The number of hydrogen-bond acceptors (Lipinski definition) is 1. The number of rotatable bonds is 4. The maximum atomic E-state index is 11.9. The molecule has 0 radical (unpaired) electrons. The largest absolute Gasteiger partial charge is 0.341 e. The lowest BCUT2D eigenvalue weighted by Crippen LogP contribution is -2.12. The number of carbonyl (C=O) groups is 1. The van der Waals surface area contributed by atoms with Gasteiger partial charge < -0.3 is 4.57 Å². The van der Waals surface area contributed by atoms with Crippen molar-refractivity contribution in [3.8, 4) is 0 Å². The van der Waals surface area contributed by atoms with Crippen molar-refractivity contribution in [3.63, 3.8) is 0 Å². The van der Waals surface area contributed by atoms with Crippen molar-refractivity contribution in [2.24, 2.45) is 0 Å². The van der Waals surface area contributed by atoms with Gasteiger partial charge in [-0.3, -0.25) is 4.79 Å². The van der Waals surface area contributed by atoms with Crippen molar-refractivity contribution in [2.45, 2.75) is 33.7 Å². The van der Waals surface area contributed by atoms with Crippen LogP contribution in [-0.4, -0.2) is 16.2 Å². The molecule has 2 rings (SSSR count). The van der Waals surface area contributed by atoms with Crippen molar-refractivity contribution < 1.29 is 4.79 Å². The van der Waals surface area contributed by atoms with Gasteiger partial charge in [-0.2, -0.15) is 0 Å². The molecular weight excluding hydrogens is 270 g/mol. The minimum atomic E-state index is -0.0111. The van der Waals surface area contributed by atoms with Gasteiger partial charge in [-0.15, -0.1) is 11.6 Å². The van der Waals surface area contributed by atoms with E-state index in [1.54, 1.807) is 0 Å². The fraction of sp³-hybridized carbons (Fsp3) is 0.353. The molecule has 0 N–H and O–H groups in total. The van der Waals surface area contributed by atoms with Gasteiger partial charge in [0.05, 0.1) is 11.9 Å². The number of ketones is 1. The maximum Gasteiger partial charge on any atom is 0.179 e. The fourth-order valence-electron chi connectivity index (χ4n) is 2.92. The smallest absolute Gasteiger partial charge is 0.179 e. The summed E-state index contributed by atoms with van der Waals surface area (Å²) in [6.07, 6.45) is 0. The third kappa shape index (κ3) is 2.53. The van der Waals surface area contributed by atoms with Crippen LogP contribution in [0.25, 0.3) is 0 Å². The van der Waals surface area contributed by atoms with Gasteiger partial charge in [-0.25, -0.2) is 0 Å². The number of benzene rings is 1. The minimum absolute atomic E-state index is 0.0111. The Morgan fingerprint density at radius 3 is 2.50 bits per heavy atom. The molecule has 106 valence electrons. The Morgan fingerprint density at radius 1 is 1.25 bits per heavy atom. The first-order valence-electron chi connectivity index (χ1n) is 6.80. The average molecular weight is 290 g/mol. The summed E-state index contributed by atoms with van der Waals surface area (Å²) in [7, 11) is 0. The number of aromatic nitrogens is 1. The van der Waals surface area contributed by atoms with E-state index in [0.29, 0.717) is 0 Å². The number of halogens is 1. The summed E-state index contributed by atoms with van der Waals surface area (Å²) in [4.78, 5) is 11.9. The summed E-state index contributed by atoms with van der Waals surface area (Å²) in [5.41, 5.74) is 5.35. The van der Waals surface area contributed by atoms with Gasteiger partial charge in [0.2, 0.25) is 0 Å². The Kier molecular flexibility index (Phi) is 4.34. The van der Waals surface area contributed by atoms with E-state index in [1.165, 1.54) is 11.1 Å². The summed E-state index contributed by atoms with van der Waals surface area (Å²) in [5, 5.41) is 0. The highest BCUT2D eigenvalue weighted by atomic mass is 35.5. The lowest BCUT2D eigenvalue weighted by Gasteiger charge is -2.21. The Morgan fingerprint density at radius 2 is 1.90 bits per heavy atom. The molecule has 0 saturated carbocycles. The third-order valence-corrected chi connectivity index (χ3v) is 4.17. The van der Waals surface area contributed by atoms with Gasteiger partial charge in [0.1, 0.15) is 0 Å². The molecule has 1 atom stereocenters. The molecule has 2 nitrogen and oxygen atoms in total. The SMILES string of the molecule is Cc1ccccc1C(C)n1c(C)cc(C(=O)CCl)c1C. The predicted octanol–water partition coefficient (Wildman–Crippen LogP) is 4.44. The summed E-state index contributed by atoms with van der Waals surface area (Å²) < 4.78 is 2.21. The second-order valence-corrected chi connectivity index (χ2v) is 5.51. The Balaban J connectivity index is 2.51. The van der Waals surface area contributed by atoms with E-state index in [1.807, 2.05) is 26.0 Å². The first kappa shape index (κ1) is 14.9. The van der Waals surface area contributed by atoms with E-state index < -0.39 is 0 Å². The van der Waals surface area contributed by atoms with Crippen LogP contribution < -0.4 is 0 Å². The molecule has 0 bridgehead atoms. The number of alkyl halides is 1. The number of carbonyl (C=O) groups excluding carboxylic acids is 1. The summed E-state index contributed by atoms with van der Waals surface area (Å²) in [6.45, 7) is 8.30. The minimum Gasteiger partial charge on any atom is -0.341 e. The van der Waals surface area contributed by atoms with Gasteiger partial charge in [-0.1, -0.05) is 24.3 Å². The normalized spacial score (nSPS) is 12.4. The molecule has 0 saturated heterocycles. The summed E-state index contributed by atoms with van der Waals surface area (Å²) >= 11 is 5.68. The van der Waals surface area contributed by atoms with Crippen molar-refractivity contribution in [2.75, 3.05) is 5.88 Å². The van der Waals surface area contributed by atoms with Crippen molar-refractivity contribution in [3.05, 3.63) is 58.4 Å². The zero-order valence-electron chi connectivity index (χ0n) is 12.4. The molecule has 1 heterocycles. The molecule has 1 aromatic heterocycles. The summed E-state index contributed by atoms with van der Waals surface area (Å²) in [6, 6.07) is 10.5. The molecular formula is C17H20ClNO. The number of aryl methyl sites for hydroxylation is 2. The van der Waals surface area contributed by atoms with E-state index >= 15 is 0 Å². The van der Waals surface area contributed by atoms with Crippen LogP contribution >= 0.6 is 11.6 Å². The summed E-state index contributed by atoms with van der Waals surface area (Å²) in [5.74, 6) is 0.0197. The van der Waals surface area contributed by atoms with E-state index in [9.17, 15) is 4.79 Å². The molecule has 0 aliphatic carbocycles. The zero-order chi connectivity index (χ0) is 14.9. The van der Waals surface area contributed by atoms with E-state index in [2.05, 4.69) is 36.6 Å². The highest BCUT2D eigenvalue weighted by molar-refractivity contribution is 6.30. The highest BCUT2D eigenvalue weighted by Gasteiger charge is 2.19. The predicted molar refractivity (Wildman–Crippen MR) is 83.9 cm³/mol. The fourth-order valence-corrected chi connectivity index (χ4v) is 3.07. The van der Waals surface area contributed by atoms with Gasteiger partial charge in [0.25, 0.3) is 0 Å². The highest BCUT2D eigenvalue weighted by Crippen LogP contribution is 2.27. The lowest BCUT2D eigenvalue weighted by atomic mass is 10.0. The van der Waals surface area contributed by atoms with Crippen LogP contribution in [0, 0.1) is 20.8 Å². The van der Waals surface area contributed by atoms with Crippen LogP contribution in [0.15, 0.2) is 30.3 Å². The van der Waals surface area contributed by atoms with Crippen LogP contribution in [0.2, 0.25) is 0 Å². The lowest BCUT2D eigenvalue weighted by molar-refractivity contribution is 0.102. The van der Waals surface area contributed by atoms with Crippen molar-refractivity contribution >= 4 is 17.4 Å². The van der Waals surface area contributed by atoms with E-state index in [0.717, 1.165) is 17.0 Å². The molecule has 2 aromatic rings. The van der Waals surface area contributed by atoms with Crippen LogP contribution in [0.1, 0.15) is 45.8 Å². The van der Waals surface area contributed by atoms with Crippen LogP contribution in [0.5, 0.6) is 0 Å². The van der Waals surface area contributed by atoms with E-state index in [-0.39, 0.29) is 17.7 Å². The third-order valence-electron chi connectivity index (χ3n) is 3.93. The first-order valence-corrected chi connectivity index (χ1v) is 7.34. The Labute approximate surface area is 125 Å². The molecule has 0 aliphatic rings. The van der Waals surface area contributed by atoms with Crippen molar-refractivity contribution in [1.82, 2.24) is 4.57 Å². The average Bonchev–Trinajstić information content (AvgIpc) is 2.73. The molecule has 0 aliphatic heterocycles. The van der Waals surface area contributed by atoms with Crippen molar-refractivity contribution in [1.29, 1.82) is 0 Å². The van der Waals surface area contributed by atoms with Crippen LogP contribution in [0.4, 0.5) is 0 Å². The Hall–Kier alpha value is -1.54.